The van der Waals surface area contributed by atoms with E-state index in [1.807, 2.05) is 0 Å². The van der Waals surface area contributed by atoms with Crippen LogP contribution in [0, 0.1) is 24.2 Å². The number of carboxylic acid groups (broad SMARTS) is 1. The lowest BCUT2D eigenvalue weighted by atomic mass is 9.43. The first kappa shape index (κ1) is 12.4. The minimum atomic E-state index is -0.539. The van der Waals surface area contributed by atoms with Crippen molar-refractivity contribution >= 4 is 5.97 Å². The second kappa shape index (κ2) is 3.87. The van der Waals surface area contributed by atoms with Crippen LogP contribution in [0.25, 0.3) is 0 Å². The topological polar surface area (TPSA) is 37.3 Å². The van der Waals surface area contributed by atoms with E-state index in [0.717, 1.165) is 19.3 Å². The highest BCUT2D eigenvalue weighted by Gasteiger charge is 2.61. The Kier molecular flexibility index (Phi) is 2.40. The maximum absolute atomic E-state index is 11.9. The van der Waals surface area contributed by atoms with Crippen molar-refractivity contribution in [3.8, 4) is 0 Å². The first-order valence-corrected chi connectivity index (χ1v) is 7.82. The maximum Gasteiger partial charge on any atom is 0.309 e. The summed E-state index contributed by atoms with van der Waals surface area (Å²) in [4.78, 5) is 11.9. The molecule has 1 aromatic carbocycles. The highest BCUT2D eigenvalue weighted by Crippen LogP contribution is 2.65. The number of aliphatic carboxylic acids is 1. The first-order valence-electron chi connectivity index (χ1n) is 7.82. The van der Waals surface area contributed by atoms with Crippen molar-refractivity contribution in [2.24, 2.45) is 17.3 Å². The van der Waals surface area contributed by atoms with Gasteiger partial charge in [0.15, 0.2) is 0 Å². The number of carbonyl (C=O) groups is 1. The molecule has 4 aliphatic carbocycles. The van der Waals surface area contributed by atoms with Crippen LogP contribution >= 0.6 is 0 Å². The number of carboxylic acids is 1. The van der Waals surface area contributed by atoms with Gasteiger partial charge in [-0.15, -0.1) is 0 Å². The molecule has 0 heterocycles. The molecule has 0 aliphatic heterocycles. The van der Waals surface area contributed by atoms with Gasteiger partial charge in [-0.1, -0.05) is 29.8 Å². The Hall–Kier alpha value is -1.31. The van der Waals surface area contributed by atoms with Crippen molar-refractivity contribution in [3.05, 3.63) is 35.4 Å². The van der Waals surface area contributed by atoms with Crippen LogP contribution in [0.2, 0.25) is 0 Å². The quantitative estimate of drug-likeness (QED) is 0.884. The van der Waals surface area contributed by atoms with Gasteiger partial charge in [0.25, 0.3) is 0 Å². The fraction of sp³-hybridized carbons (Fsp3) is 0.611. The summed E-state index contributed by atoms with van der Waals surface area (Å²) in [6, 6.07) is 8.86. The van der Waals surface area contributed by atoms with Gasteiger partial charge in [-0.05, 0) is 68.3 Å². The van der Waals surface area contributed by atoms with Gasteiger partial charge in [0.1, 0.15) is 0 Å². The Balaban J connectivity index is 1.79. The molecule has 20 heavy (non-hydrogen) atoms. The third kappa shape index (κ3) is 1.60. The fourth-order valence-electron chi connectivity index (χ4n) is 5.76. The first-order chi connectivity index (χ1) is 9.51. The Morgan fingerprint density at radius 1 is 1.10 bits per heavy atom. The van der Waals surface area contributed by atoms with Crippen LogP contribution in [-0.4, -0.2) is 11.1 Å². The molecule has 4 aliphatic rings. The van der Waals surface area contributed by atoms with E-state index in [4.69, 9.17) is 0 Å². The molecular formula is C18H22O2. The standard InChI is InChI=1S/C18H22O2/c1-12-2-4-15(5-3-12)17-7-13-6-14(8-17)10-18(9-13,11-17)16(19)20/h2-5,13-14H,6-11H2,1H3,(H,19,20)/t13-,14+,17?,18?. The Bertz CT molecular complexity index is 543. The zero-order valence-electron chi connectivity index (χ0n) is 12.1. The monoisotopic (exact) mass is 270 g/mol. The summed E-state index contributed by atoms with van der Waals surface area (Å²) in [5.41, 5.74) is 2.40. The molecular weight excluding hydrogens is 248 g/mol. The lowest BCUT2D eigenvalue weighted by Crippen LogP contribution is -2.56. The lowest BCUT2D eigenvalue weighted by Gasteiger charge is -2.60. The molecule has 4 atom stereocenters. The molecule has 4 fully saturated rings. The van der Waals surface area contributed by atoms with E-state index in [9.17, 15) is 9.90 Å². The summed E-state index contributed by atoms with van der Waals surface area (Å²) in [6.07, 6.45) is 6.40. The number of rotatable bonds is 2. The van der Waals surface area contributed by atoms with E-state index in [1.165, 1.54) is 30.4 Å². The van der Waals surface area contributed by atoms with Gasteiger partial charge in [-0.2, -0.15) is 0 Å². The largest absolute Gasteiger partial charge is 0.481 e. The second-order valence-corrected chi connectivity index (χ2v) is 7.69. The molecule has 5 rings (SSSR count). The number of hydrogen-bond acceptors (Lipinski definition) is 1. The predicted octanol–water partition coefficient (Wildman–Crippen LogP) is 3.92. The van der Waals surface area contributed by atoms with Gasteiger partial charge >= 0.3 is 5.97 Å². The van der Waals surface area contributed by atoms with Gasteiger partial charge in [0.05, 0.1) is 5.41 Å². The van der Waals surface area contributed by atoms with Gasteiger partial charge in [0, 0.05) is 0 Å². The molecule has 4 bridgehead atoms. The molecule has 2 nitrogen and oxygen atoms in total. The number of aryl methyl sites for hydroxylation is 1. The maximum atomic E-state index is 11.9. The fourth-order valence-corrected chi connectivity index (χ4v) is 5.76. The van der Waals surface area contributed by atoms with E-state index in [1.54, 1.807) is 0 Å². The van der Waals surface area contributed by atoms with Crippen molar-refractivity contribution in [2.45, 2.75) is 50.9 Å². The molecule has 2 unspecified atom stereocenters. The van der Waals surface area contributed by atoms with E-state index in [-0.39, 0.29) is 5.41 Å². The highest BCUT2D eigenvalue weighted by molar-refractivity contribution is 5.76. The molecule has 1 N–H and O–H groups in total. The Labute approximate surface area is 120 Å². The lowest BCUT2D eigenvalue weighted by molar-refractivity contribution is -0.167. The number of benzene rings is 1. The van der Waals surface area contributed by atoms with Crippen LogP contribution in [0.4, 0.5) is 0 Å². The average Bonchev–Trinajstić information content (AvgIpc) is 2.37. The minimum absolute atomic E-state index is 0.149. The zero-order chi connectivity index (χ0) is 14.0. The third-order valence-corrected chi connectivity index (χ3v) is 6.18. The van der Waals surface area contributed by atoms with Gasteiger partial charge < -0.3 is 5.11 Å². The molecule has 4 saturated carbocycles. The van der Waals surface area contributed by atoms with E-state index < -0.39 is 11.4 Å². The highest BCUT2D eigenvalue weighted by atomic mass is 16.4. The summed E-state index contributed by atoms with van der Waals surface area (Å²) < 4.78 is 0. The van der Waals surface area contributed by atoms with Crippen LogP contribution in [0.1, 0.15) is 49.7 Å². The average molecular weight is 270 g/mol. The minimum Gasteiger partial charge on any atom is -0.481 e. The molecule has 0 aromatic heterocycles. The predicted molar refractivity (Wildman–Crippen MR) is 77.6 cm³/mol. The van der Waals surface area contributed by atoms with Crippen molar-refractivity contribution in [1.82, 2.24) is 0 Å². The van der Waals surface area contributed by atoms with Crippen molar-refractivity contribution in [3.63, 3.8) is 0 Å². The summed E-state index contributed by atoms with van der Waals surface area (Å²) in [7, 11) is 0. The number of hydrogen-bond donors (Lipinski definition) is 1. The molecule has 2 heteroatoms. The molecule has 0 saturated heterocycles. The molecule has 1 aromatic rings. The zero-order valence-corrected chi connectivity index (χ0v) is 12.1. The second-order valence-electron chi connectivity index (χ2n) is 7.69. The summed E-state index contributed by atoms with van der Waals surface area (Å²) in [5, 5.41) is 9.78. The van der Waals surface area contributed by atoms with Crippen LogP contribution in [0.15, 0.2) is 24.3 Å². The molecule has 0 radical (unpaired) electrons. The third-order valence-electron chi connectivity index (χ3n) is 6.18. The normalized spacial score (nSPS) is 41.9. The molecule has 0 spiro atoms. The SMILES string of the molecule is Cc1ccc(C23C[C@@H]4C[C@@H](CC(C(=O)O)(C4)C2)C3)cc1. The Morgan fingerprint density at radius 2 is 1.70 bits per heavy atom. The smallest absolute Gasteiger partial charge is 0.309 e. The summed E-state index contributed by atoms with van der Waals surface area (Å²) >= 11 is 0. The van der Waals surface area contributed by atoms with Crippen LogP contribution in [-0.2, 0) is 10.2 Å². The van der Waals surface area contributed by atoms with Crippen LogP contribution in [0.5, 0.6) is 0 Å². The van der Waals surface area contributed by atoms with E-state index >= 15 is 0 Å². The van der Waals surface area contributed by atoms with Crippen molar-refractivity contribution in [2.75, 3.05) is 0 Å². The summed E-state index contributed by atoms with van der Waals surface area (Å²) in [5.74, 6) is 0.727. The van der Waals surface area contributed by atoms with E-state index in [0.29, 0.717) is 11.8 Å². The van der Waals surface area contributed by atoms with Crippen LogP contribution < -0.4 is 0 Å². The van der Waals surface area contributed by atoms with Crippen LogP contribution in [0.3, 0.4) is 0 Å². The molecule has 0 amide bonds. The Morgan fingerprint density at radius 3 is 2.25 bits per heavy atom. The van der Waals surface area contributed by atoms with Gasteiger partial charge in [-0.3, -0.25) is 4.79 Å². The van der Waals surface area contributed by atoms with E-state index in [2.05, 4.69) is 31.2 Å². The molecule has 106 valence electrons. The van der Waals surface area contributed by atoms with Crippen molar-refractivity contribution < 1.29 is 9.90 Å². The van der Waals surface area contributed by atoms with Crippen molar-refractivity contribution in [1.29, 1.82) is 0 Å². The summed E-state index contributed by atoms with van der Waals surface area (Å²) in [6.45, 7) is 2.11. The van der Waals surface area contributed by atoms with Gasteiger partial charge in [-0.25, -0.2) is 0 Å². The van der Waals surface area contributed by atoms with Gasteiger partial charge in [0.2, 0.25) is 0 Å².